The molecule has 1 N–H and O–H groups in total. The fourth-order valence-corrected chi connectivity index (χ4v) is 6.93. The SMILES string of the molecule is CCCCCC/C=C\CCCCCCCC(=O)OC(COCCCCCCCCCC/C=C\CCCCCCCCC)COP(=O)(O)OCC[N+](C)(C)C. The van der Waals surface area contributed by atoms with Gasteiger partial charge < -0.3 is 18.9 Å². The average molecular weight is 787 g/mol. The quantitative estimate of drug-likeness (QED) is 0.0217. The molecule has 0 amide bonds. The minimum absolute atomic E-state index is 0.0876. The van der Waals surface area contributed by atoms with Gasteiger partial charge in [-0.3, -0.25) is 13.8 Å². The molecule has 8 nitrogen and oxygen atoms in total. The standard InChI is InChI=1S/C45H88NO7P/c1-6-8-10-12-14-16-18-20-21-22-23-24-25-27-29-31-33-35-37-40-50-42-44(43-52-54(48,49)51-41-39-46(3,4)5)53-45(47)38-36-34-32-30-28-26-19-17-15-13-11-9-7-2/h17,19,21-22,44H,6-16,18,20,23-43H2,1-5H3/p+1/b19-17-,22-21-. The van der Waals surface area contributed by atoms with E-state index in [1.807, 2.05) is 21.1 Å². The first-order valence-electron chi connectivity index (χ1n) is 22.6. The fourth-order valence-electron chi connectivity index (χ4n) is 6.19. The second-order valence-corrected chi connectivity index (χ2v) is 17.9. The van der Waals surface area contributed by atoms with Crippen LogP contribution >= 0.6 is 7.82 Å². The molecule has 0 spiro atoms. The average Bonchev–Trinajstić information content (AvgIpc) is 3.12. The molecule has 0 aromatic heterocycles. The summed E-state index contributed by atoms with van der Waals surface area (Å²) >= 11 is 0. The van der Waals surface area contributed by atoms with Crippen molar-refractivity contribution < 1.29 is 37.3 Å². The molecular weight excluding hydrogens is 697 g/mol. The summed E-state index contributed by atoms with van der Waals surface area (Å²) in [6.07, 6.45) is 43.5. The Labute approximate surface area is 334 Å². The minimum Gasteiger partial charge on any atom is -0.457 e. The smallest absolute Gasteiger partial charge is 0.457 e. The highest BCUT2D eigenvalue weighted by Gasteiger charge is 2.26. The van der Waals surface area contributed by atoms with Crippen LogP contribution in [-0.2, 0) is 27.9 Å². The molecule has 0 aliphatic carbocycles. The summed E-state index contributed by atoms with van der Waals surface area (Å²) in [6.45, 7) is 5.61. The summed E-state index contributed by atoms with van der Waals surface area (Å²) < 4.78 is 35.0. The van der Waals surface area contributed by atoms with Gasteiger partial charge in [-0.1, -0.05) is 154 Å². The molecule has 54 heavy (non-hydrogen) atoms. The first kappa shape index (κ1) is 53.0. The number of phosphoric ester groups is 1. The molecule has 0 aliphatic heterocycles. The van der Waals surface area contributed by atoms with Crippen LogP contribution in [0.5, 0.6) is 0 Å². The Morgan fingerprint density at radius 2 is 0.963 bits per heavy atom. The number of carbonyl (C=O) groups excluding carboxylic acids is 1. The second-order valence-electron chi connectivity index (χ2n) is 16.4. The molecule has 0 bridgehead atoms. The van der Waals surface area contributed by atoms with E-state index in [1.165, 1.54) is 135 Å². The summed E-state index contributed by atoms with van der Waals surface area (Å²) in [5, 5.41) is 0. The lowest BCUT2D eigenvalue weighted by atomic mass is 10.1. The Kier molecular flexibility index (Phi) is 38.1. The number of nitrogens with zero attached hydrogens (tertiary/aromatic N) is 1. The molecule has 9 heteroatoms. The number of likely N-dealkylation sites (N-methyl/N-ethyl adjacent to an activating group) is 1. The van der Waals surface area contributed by atoms with E-state index in [2.05, 4.69) is 38.2 Å². The van der Waals surface area contributed by atoms with Gasteiger partial charge >= 0.3 is 13.8 Å². The first-order chi connectivity index (χ1) is 26.1. The van der Waals surface area contributed by atoms with Crippen molar-refractivity contribution in [1.29, 1.82) is 0 Å². The van der Waals surface area contributed by atoms with E-state index in [1.54, 1.807) is 0 Å². The highest BCUT2D eigenvalue weighted by Crippen LogP contribution is 2.43. The largest absolute Gasteiger partial charge is 0.472 e. The van der Waals surface area contributed by atoms with Crippen LogP contribution in [0.2, 0.25) is 0 Å². The van der Waals surface area contributed by atoms with Crippen molar-refractivity contribution in [2.45, 2.75) is 206 Å². The molecule has 0 heterocycles. The molecule has 0 aromatic carbocycles. The lowest BCUT2D eigenvalue weighted by Gasteiger charge is -2.24. The van der Waals surface area contributed by atoms with E-state index < -0.39 is 13.9 Å². The molecule has 0 rings (SSSR count). The van der Waals surface area contributed by atoms with Gasteiger partial charge in [0, 0.05) is 13.0 Å². The number of allylic oxidation sites excluding steroid dienone is 4. The number of phosphoric acid groups is 1. The summed E-state index contributed by atoms with van der Waals surface area (Å²) in [7, 11) is 1.66. The van der Waals surface area contributed by atoms with Crippen LogP contribution in [0.1, 0.15) is 200 Å². The highest BCUT2D eigenvalue weighted by atomic mass is 31.2. The molecule has 2 unspecified atom stereocenters. The molecule has 320 valence electrons. The van der Waals surface area contributed by atoms with Gasteiger partial charge in [0.15, 0.2) is 0 Å². The number of hydrogen-bond acceptors (Lipinski definition) is 6. The van der Waals surface area contributed by atoms with Crippen molar-refractivity contribution in [2.75, 3.05) is 54.1 Å². The Morgan fingerprint density at radius 1 is 0.556 bits per heavy atom. The van der Waals surface area contributed by atoms with Crippen LogP contribution in [0.4, 0.5) is 0 Å². The van der Waals surface area contributed by atoms with Gasteiger partial charge in [-0.2, -0.15) is 0 Å². The number of carbonyl (C=O) groups is 1. The zero-order chi connectivity index (χ0) is 39.9. The summed E-state index contributed by atoms with van der Waals surface area (Å²) in [4.78, 5) is 22.9. The molecule has 0 aliphatic rings. The number of unbranched alkanes of at least 4 members (excludes halogenated alkanes) is 24. The maximum Gasteiger partial charge on any atom is 0.472 e. The Balaban J connectivity index is 4.19. The van der Waals surface area contributed by atoms with Crippen molar-refractivity contribution in [1.82, 2.24) is 0 Å². The number of rotatable bonds is 42. The van der Waals surface area contributed by atoms with Crippen molar-refractivity contribution in [3.8, 4) is 0 Å². The third kappa shape index (κ3) is 42.1. The van der Waals surface area contributed by atoms with E-state index >= 15 is 0 Å². The Morgan fingerprint density at radius 3 is 1.43 bits per heavy atom. The topological polar surface area (TPSA) is 91.3 Å². The Bertz CT molecular complexity index is 920. The van der Waals surface area contributed by atoms with Crippen LogP contribution in [0.15, 0.2) is 24.3 Å². The van der Waals surface area contributed by atoms with Gasteiger partial charge in [-0.15, -0.1) is 0 Å². The van der Waals surface area contributed by atoms with Crippen LogP contribution in [0.3, 0.4) is 0 Å². The van der Waals surface area contributed by atoms with E-state index in [4.69, 9.17) is 18.5 Å². The number of ether oxygens (including phenoxy) is 2. The summed E-state index contributed by atoms with van der Waals surface area (Å²) in [5.41, 5.74) is 0. The predicted octanol–water partition coefficient (Wildman–Crippen LogP) is 13.2. The van der Waals surface area contributed by atoms with Gasteiger partial charge in [-0.05, 0) is 64.2 Å². The van der Waals surface area contributed by atoms with Gasteiger partial charge in [0.05, 0.1) is 34.4 Å². The first-order valence-corrected chi connectivity index (χ1v) is 24.1. The minimum atomic E-state index is -4.27. The van der Waals surface area contributed by atoms with Crippen molar-refractivity contribution in [3.05, 3.63) is 24.3 Å². The molecule has 0 fully saturated rings. The monoisotopic (exact) mass is 787 g/mol. The molecule has 2 atom stereocenters. The van der Waals surface area contributed by atoms with Crippen LogP contribution < -0.4 is 0 Å². The van der Waals surface area contributed by atoms with Crippen molar-refractivity contribution >= 4 is 13.8 Å². The maximum absolute atomic E-state index is 12.7. The Hall–Kier alpha value is -1.02. The molecule has 0 aromatic rings. The molecule has 0 saturated heterocycles. The lowest BCUT2D eigenvalue weighted by molar-refractivity contribution is -0.870. The van der Waals surface area contributed by atoms with E-state index in [-0.39, 0.29) is 25.8 Å². The van der Waals surface area contributed by atoms with Gasteiger partial charge in [0.2, 0.25) is 0 Å². The zero-order valence-electron chi connectivity index (χ0n) is 36.2. The highest BCUT2D eigenvalue weighted by molar-refractivity contribution is 7.47. The fraction of sp³-hybridized carbons (Fsp3) is 0.889. The maximum atomic E-state index is 12.7. The van der Waals surface area contributed by atoms with Gasteiger partial charge in [0.25, 0.3) is 0 Å². The molecule has 0 saturated carbocycles. The second kappa shape index (κ2) is 38.8. The zero-order valence-corrected chi connectivity index (χ0v) is 37.1. The number of quaternary nitrogens is 1. The third-order valence-corrected chi connectivity index (χ3v) is 10.7. The van der Waals surface area contributed by atoms with Crippen molar-refractivity contribution in [3.63, 3.8) is 0 Å². The number of hydrogen-bond donors (Lipinski definition) is 1. The van der Waals surface area contributed by atoms with Crippen molar-refractivity contribution in [2.24, 2.45) is 0 Å². The van der Waals surface area contributed by atoms with Gasteiger partial charge in [0.1, 0.15) is 19.3 Å². The van der Waals surface area contributed by atoms with E-state index in [9.17, 15) is 14.3 Å². The molecular formula is C45H89NO7P+. The predicted molar refractivity (Wildman–Crippen MR) is 229 cm³/mol. The third-order valence-electron chi connectivity index (χ3n) is 9.74. The van der Waals surface area contributed by atoms with Crippen LogP contribution in [-0.4, -0.2) is 75.6 Å². The van der Waals surface area contributed by atoms with Gasteiger partial charge in [-0.25, -0.2) is 4.57 Å². The summed E-state index contributed by atoms with van der Waals surface area (Å²) in [5.74, 6) is -0.323. The summed E-state index contributed by atoms with van der Waals surface area (Å²) in [6, 6.07) is 0. The normalized spacial score (nSPS) is 14.0. The van der Waals surface area contributed by atoms with Crippen LogP contribution in [0, 0.1) is 0 Å². The van der Waals surface area contributed by atoms with Crippen LogP contribution in [0.25, 0.3) is 0 Å². The molecule has 0 radical (unpaired) electrons. The lowest BCUT2D eigenvalue weighted by Crippen LogP contribution is -2.37. The number of esters is 1. The van der Waals surface area contributed by atoms with E-state index in [0.717, 1.165) is 44.9 Å². The van der Waals surface area contributed by atoms with E-state index in [0.29, 0.717) is 24.1 Å².